The van der Waals surface area contributed by atoms with Crippen LogP contribution in [0.5, 0.6) is 0 Å². The molecule has 3 heterocycles. The van der Waals surface area contributed by atoms with Crippen LogP contribution in [0.15, 0.2) is 0 Å². The van der Waals surface area contributed by atoms with Crippen molar-refractivity contribution < 1.29 is 9.59 Å². The second-order valence-corrected chi connectivity index (χ2v) is 8.43. The van der Waals surface area contributed by atoms with E-state index in [1.165, 1.54) is 0 Å². The van der Waals surface area contributed by atoms with Crippen molar-refractivity contribution in [3.63, 3.8) is 0 Å². The molecule has 2 aliphatic heterocycles. The van der Waals surface area contributed by atoms with Gasteiger partial charge in [-0.25, -0.2) is 0 Å². The molecule has 2 amide bonds. The van der Waals surface area contributed by atoms with Crippen molar-refractivity contribution in [1.82, 2.24) is 24.6 Å². The molecule has 25 heavy (non-hydrogen) atoms. The first-order valence-corrected chi connectivity index (χ1v) is 9.19. The lowest BCUT2D eigenvalue weighted by Crippen LogP contribution is -2.44. The Morgan fingerprint density at radius 3 is 2.48 bits per heavy atom. The smallest absolute Gasteiger partial charge is 0.228 e. The standard InChI is InChI=1S/C18H29N5O2/c1-12(2)16-20-19-14-6-7-21(8-9-22(14)16)17(25)13-10-15(24)23(11-13)18(3,4)5/h12-13H,6-11H2,1-5H3. The number of amides is 2. The molecule has 7 heteroatoms. The Hall–Kier alpha value is -1.92. The normalized spacial score (nSPS) is 21.7. The maximum absolute atomic E-state index is 13.0. The van der Waals surface area contributed by atoms with E-state index in [1.807, 2.05) is 30.6 Å². The highest BCUT2D eigenvalue weighted by atomic mass is 16.2. The van der Waals surface area contributed by atoms with Crippen LogP contribution in [0, 0.1) is 5.92 Å². The van der Waals surface area contributed by atoms with E-state index in [2.05, 4.69) is 28.6 Å². The van der Waals surface area contributed by atoms with E-state index in [4.69, 9.17) is 0 Å². The average molecular weight is 347 g/mol. The summed E-state index contributed by atoms with van der Waals surface area (Å²) < 4.78 is 2.15. The fourth-order valence-electron chi connectivity index (χ4n) is 3.77. The summed E-state index contributed by atoms with van der Waals surface area (Å²) in [5.41, 5.74) is -0.231. The van der Waals surface area contributed by atoms with Gasteiger partial charge in [0.2, 0.25) is 11.8 Å². The highest BCUT2D eigenvalue weighted by molar-refractivity contribution is 5.89. The Kier molecular flexibility index (Phi) is 4.60. The highest BCUT2D eigenvalue weighted by Gasteiger charge is 2.41. The van der Waals surface area contributed by atoms with Crippen LogP contribution in [-0.2, 0) is 22.6 Å². The molecule has 0 radical (unpaired) electrons. The van der Waals surface area contributed by atoms with Gasteiger partial charge < -0.3 is 14.4 Å². The van der Waals surface area contributed by atoms with Gasteiger partial charge in [-0.1, -0.05) is 13.8 Å². The molecule has 1 aromatic rings. The molecule has 138 valence electrons. The number of nitrogens with zero attached hydrogens (tertiary/aromatic N) is 5. The van der Waals surface area contributed by atoms with Gasteiger partial charge in [0.05, 0.1) is 5.92 Å². The van der Waals surface area contributed by atoms with Crippen molar-refractivity contribution in [2.45, 2.75) is 65.5 Å². The Morgan fingerprint density at radius 2 is 1.88 bits per heavy atom. The van der Waals surface area contributed by atoms with E-state index in [-0.39, 0.29) is 23.3 Å². The first kappa shape index (κ1) is 17.9. The molecule has 0 aromatic carbocycles. The van der Waals surface area contributed by atoms with Crippen molar-refractivity contribution in [2.75, 3.05) is 19.6 Å². The van der Waals surface area contributed by atoms with Crippen LogP contribution in [0.3, 0.4) is 0 Å². The maximum Gasteiger partial charge on any atom is 0.228 e. The summed E-state index contributed by atoms with van der Waals surface area (Å²) in [6.07, 6.45) is 1.05. The van der Waals surface area contributed by atoms with Gasteiger partial charge in [0.15, 0.2) is 0 Å². The number of hydrogen-bond donors (Lipinski definition) is 0. The van der Waals surface area contributed by atoms with E-state index in [0.717, 1.165) is 24.6 Å². The summed E-state index contributed by atoms with van der Waals surface area (Å²) in [4.78, 5) is 29.0. The SMILES string of the molecule is CC(C)c1nnc2n1CCN(C(=O)C1CC(=O)N(C(C)(C)C)C1)CC2. The average Bonchev–Trinajstić information content (AvgIpc) is 3.04. The fourth-order valence-corrected chi connectivity index (χ4v) is 3.77. The number of carbonyl (C=O) groups is 2. The second-order valence-electron chi connectivity index (χ2n) is 8.43. The summed E-state index contributed by atoms with van der Waals surface area (Å²) in [6, 6.07) is 0. The Labute approximate surface area is 149 Å². The van der Waals surface area contributed by atoms with Crippen molar-refractivity contribution >= 4 is 11.8 Å². The third kappa shape index (κ3) is 3.41. The third-order valence-corrected chi connectivity index (χ3v) is 5.17. The third-order valence-electron chi connectivity index (χ3n) is 5.17. The molecule has 2 aliphatic rings. The van der Waals surface area contributed by atoms with Crippen LogP contribution in [0.2, 0.25) is 0 Å². The number of rotatable bonds is 2. The lowest BCUT2D eigenvalue weighted by Gasteiger charge is -2.32. The Bertz CT molecular complexity index is 673. The number of likely N-dealkylation sites (tertiary alicyclic amines) is 1. The number of aromatic nitrogens is 3. The zero-order chi connectivity index (χ0) is 18.4. The lowest BCUT2D eigenvalue weighted by molar-refractivity contribution is -0.136. The molecule has 7 nitrogen and oxygen atoms in total. The van der Waals surface area contributed by atoms with E-state index in [0.29, 0.717) is 32.0 Å². The quantitative estimate of drug-likeness (QED) is 0.811. The molecule has 1 fully saturated rings. The summed E-state index contributed by atoms with van der Waals surface area (Å²) in [7, 11) is 0. The van der Waals surface area contributed by atoms with Crippen molar-refractivity contribution in [3.8, 4) is 0 Å². The monoisotopic (exact) mass is 347 g/mol. The van der Waals surface area contributed by atoms with Crippen LogP contribution in [0.25, 0.3) is 0 Å². The Morgan fingerprint density at radius 1 is 1.16 bits per heavy atom. The van der Waals surface area contributed by atoms with Gasteiger partial charge in [-0.2, -0.15) is 0 Å². The molecule has 0 bridgehead atoms. The summed E-state index contributed by atoms with van der Waals surface area (Å²) in [6.45, 7) is 12.8. The van der Waals surface area contributed by atoms with E-state index in [1.54, 1.807) is 0 Å². The van der Waals surface area contributed by atoms with Crippen LogP contribution >= 0.6 is 0 Å². The van der Waals surface area contributed by atoms with Crippen LogP contribution < -0.4 is 0 Å². The van der Waals surface area contributed by atoms with E-state index >= 15 is 0 Å². The van der Waals surface area contributed by atoms with Gasteiger partial charge in [-0.05, 0) is 20.8 Å². The summed E-state index contributed by atoms with van der Waals surface area (Å²) in [5, 5.41) is 8.59. The van der Waals surface area contributed by atoms with Gasteiger partial charge in [-0.3, -0.25) is 9.59 Å². The predicted molar refractivity (Wildman–Crippen MR) is 94.0 cm³/mol. The molecule has 0 N–H and O–H groups in total. The minimum Gasteiger partial charge on any atom is -0.340 e. The molecular formula is C18H29N5O2. The van der Waals surface area contributed by atoms with Gasteiger partial charge in [0.25, 0.3) is 0 Å². The van der Waals surface area contributed by atoms with Crippen molar-refractivity contribution in [2.24, 2.45) is 5.92 Å². The molecule has 1 aromatic heterocycles. The first-order chi connectivity index (χ1) is 11.7. The first-order valence-electron chi connectivity index (χ1n) is 9.19. The van der Waals surface area contributed by atoms with Gasteiger partial charge >= 0.3 is 0 Å². The van der Waals surface area contributed by atoms with E-state index in [9.17, 15) is 9.59 Å². The van der Waals surface area contributed by atoms with Crippen molar-refractivity contribution in [1.29, 1.82) is 0 Å². The highest BCUT2D eigenvalue weighted by Crippen LogP contribution is 2.27. The second kappa shape index (κ2) is 6.42. The molecule has 1 atom stereocenters. The fraction of sp³-hybridized carbons (Fsp3) is 0.778. The van der Waals surface area contributed by atoms with Crippen LogP contribution in [-0.4, -0.2) is 61.6 Å². The summed E-state index contributed by atoms with van der Waals surface area (Å²) in [5.74, 6) is 2.22. The van der Waals surface area contributed by atoms with Crippen LogP contribution in [0.1, 0.15) is 58.6 Å². The van der Waals surface area contributed by atoms with Gasteiger partial charge in [0, 0.05) is 50.5 Å². The molecule has 0 saturated carbocycles. The van der Waals surface area contributed by atoms with Crippen LogP contribution in [0.4, 0.5) is 0 Å². The predicted octanol–water partition coefficient (Wildman–Crippen LogP) is 1.43. The molecule has 0 spiro atoms. The molecule has 1 saturated heterocycles. The molecular weight excluding hydrogens is 318 g/mol. The number of carbonyl (C=O) groups excluding carboxylic acids is 2. The lowest BCUT2D eigenvalue weighted by atomic mass is 10.1. The number of hydrogen-bond acceptors (Lipinski definition) is 4. The minimum absolute atomic E-state index is 0.0832. The van der Waals surface area contributed by atoms with Crippen molar-refractivity contribution in [3.05, 3.63) is 11.6 Å². The largest absolute Gasteiger partial charge is 0.340 e. The Balaban J connectivity index is 1.68. The molecule has 1 unspecified atom stereocenters. The topological polar surface area (TPSA) is 71.3 Å². The zero-order valence-electron chi connectivity index (χ0n) is 15.9. The maximum atomic E-state index is 13.0. The zero-order valence-corrected chi connectivity index (χ0v) is 15.9. The van der Waals surface area contributed by atoms with Gasteiger partial charge in [-0.15, -0.1) is 10.2 Å². The van der Waals surface area contributed by atoms with E-state index < -0.39 is 0 Å². The number of fused-ring (bicyclic) bond motifs is 1. The minimum atomic E-state index is -0.231. The molecule has 3 rings (SSSR count). The summed E-state index contributed by atoms with van der Waals surface area (Å²) >= 11 is 0. The molecule has 0 aliphatic carbocycles. The van der Waals surface area contributed by atoms with Gasteiger partial charge in [0.1, 0.15) is 11.6 Å².